The van der Waals surface area contributed by atoms with Crippen LogP contribution in [-0.2, 0) is 4.79 Å². The SMILES string of the molecule is CC#CC(=O)C=C(C)N1NC1(CC)CC. The fourth-order valence-electron chi connectivity index (χ4n) is 1.75. The molecule has 0 aromatic heterocycles. The van der Waals surface area contributed by atoms with Crippen molar-refractivity contribution in [3.63, 3.8) is 0 Å². The van der Waals surface area contributed by atoms with Gasteiger partial charge in [-0.2, -0.15) is 0 Å². The Morgan fingerprint density at radius 2 is 2.07 bits per heavy atom. The zero-order valence-electron chi connectivity index (χ0n) is 9.85. The number of hydrogen-bond acceptors (Lipinski definition) is 3. The van der Waals surface area contributed by atoms with E-state index in [0.717, 1.165) is 18.5 Å². The Kier molecular flexibility index (Phi) is 3.54. The van der Waals surface area contributed by atoms with Crippen molar-refractivity contribution in [3.8, 4) is 11.8 Å². The number of nitrogens with one attached hydrogen (secondary N) is 1. The fourth-order valence-corrected chi connectivity index (χ4v) is 1.75. The Labute approximate surface area is 91.5 Å². The molecule has 0 radical (unpaired) electrons. The highest BCUT2D eigenvalue weighted by molar-refractivity contribution is 6.04. The molecule has 0 aromatic carbocycles. The van der Waals surface area contributed by atoms with Gasteiger partial charge in [-0.15, -0.1) is 0 Å². The van der Waals surface area contributed by atoms with Crippen molar-refractivity contribution >= 4 is 5.78 Å². The highest BCUT2D eigenvalue weighted by atomic mass is 16.1. The first-order valence-electron chi connectivity index (χ1n) is 5.32. The summed E-state index contributed by atoms with van der Waals surface area (Å²) < 4.78 is 0. The Morgan fingerprint density at radius 1 is 1.47 bits per heavy atom. The number of carbonyl (C=O) groups is 1. The van der Waals surface area contributed by atoms with Gasteiger partial charge in [0.25, 0.3) is 0 Å². The highest BCUT2D eigenvalue weighted by Gasteiger charge is 2.48. The van der Waals surface area contributed by atoms with Crippen LogP contribution in [-0.4, -0.2) is 16.5 Å². The molecule has 0 saturated carbocycles. The number of hydrazine groups is 1. The summed E-state index contributed by atoms with van der Waals surface area (Å²) in [5.74, 6) is 4.97. The van der Waals surface area contributed by atoms with Crippen LogP contribution in [0.1, 0.15) is 40.5 Å². The van der Waals surface area contributed by atoms with E-state index in [9.17, 15) is 4.79 Å². The van der Waals surface area contributed by atoms with Crippen LogP contribution in [0.15, 0.2) is 11.8 Å². The van der Waals surface area contributed by atoms with Gasteiger partial charge in [-0.25, -0.2) is 5.43 Å². The standard InChI is InChI=1S/C12H18N2O/c1-5-8-11(15)9-10(4)14-12(6-2,7-3)13-14/h9,13H,6-7H2,1-4H3. The van der Waals surface area contributed by atoms with E-state index in [4.69, 9.17) is 0 Å². The lowest BCUT2D eigenvalue weighted by Crippen LogP contribution is -2.16. The van der Waals surface area contributed by atoms with Crippen LogP contribution in [0.4, 0.5) is 0 Å². The minimum absolute atomic E-state index is 0.0699. The largest absolute Gasteiger partial charge is 0.289 e. The van der Waals surface area contributed by atoms with Gasteiger partial charge in [-0.3, -0.25) is 9.80 Å². The summed E-state index contributed by atoms with van der Waals surface area (Å²) in [6.45, 7) is 7.86. The van der Waals surface area contributed by atoms with Crippen molar-refractivity contribution < 1.29 is 4.79 Å². The minimum Gasteiger partial charge on any atom is -0.289 e. The predicted octanol–water partition coefficient (Wildman–Crippen LogP) is 1.82. The molecular weight excluding hydrogens is 188 g/mol. The van der Waals surface area contributed by atoms with Crippen molar-refractivity contribution in [2.45, 2.75) is 46.2 Å². The first-order valence-corrected chi connectivity index (χ1v) is 5.32. The van der Waals surface area contributed by atoms with Crippen LogP contribution >= 0.6 is 0 Å². The average Bonchev–Trinajstić information content (AvgIpc) is 2.93. The topological polar surface area (TPSA) is 42.0 Å². The van der Waals surface area contributed by atoms with Crippen molar-refractivity contribution in [3.05, 3.63) is 11.8 Å². The van der Waals surface area contributed by atoms with Crippen molar-refractivity contribution in [1.29, 1.82) is 0 Å². The fraction of sp³-hybridized carbons (Fsp3) is 0.583. The first-order chi connectivity index (χ1) is 7.09. The summed E-state index contributed by atoms with van der Waals surface area (Å²) in [6.07, 6.45) is 3.64. The van der Waals surface area contributed by atoms with Gasteiger partial charge < -0.3 is 0 Å². The molecule has 1 N–H and O–H groups in total. The average molecular weight is 206 g/mol. The number of rotatable bonds is 4. The first kappa shape index (κ1) is 11.8. The van der Waals surface area contributed by atoms with Gasteiger partial charge in [0.05, 0.1) is 0 Å². The summed E-state index contributed by atoms with van der Waals surface area (Å²) in [6, 6.07) is 0. The summed E-state index contributed by atoms with van der Waals surface area (Å²) in [5, 5.41) is 2.04. The maximum absolute atomic E-state index is 11.3. The van der Waals surface area contributed by atoms with E-state index in [1.165, 1.54) is 0 Å². The second-order valence-electron chi connectivity index (χ2n) is 3.71. The van der Waals surface area contributed by atoms with E-state index in [0.29, 0.717) is 0 Å². The van der Waals surface area contributed by atoms with E-state index in [2.05, 4.69) is 31.1 Å². The Hall–Kier alpha value is -1.27. The van der Waals surface area contributed by atoms with Crippen LogP contribution in [0.3, 0.4) is 0 Å². The molecule has 1 fully saturated rings. The zero-order chi connectivity index (χ0) is 11.5. The van der Waals surface area contributed by atoms with E-state index in [-0.39, 0.29) is 11.4 Å². The number of carbonyl (C=O) groups excluding carboxylic acids is 1. The third-order valence-electron chi connectivity index (χ3n) is 2.81. The highest BCUT2D eigenvalue weighted by Crippen LogP contribution is 2.35. The Bertz CT molecular complexity index is 342. The normalized spacial score (nSPS) is 18.1. The second-order valence-corrected chi connectivity index (χ2v) is 3.71. The van der Waals surface area contributed by atoms with E-state index in [1.54, 1.807) is 13.0 Å². The summed E-state index contributed by atoms with van der Waals surface area (Å²) in [5.41, 5.74) is 4.30. The lowest BCUT2D eigenvalue weighted by atomic mass is 10.1. The third-order valence-corrected chi connectivity index (χ3v) is 2.81. The van der Waals surface area contributed by atoms with Gasteiger partial charge in [0.2, 0.25) is 5.78 Å². The number of hydrogen-bond donors (Lipinski definition) is 1. The molecule has 0 aliphatic carbocycles. The van der Waals surface area contributed by atoms with Gasteiger partial charge in [-0.05, 0) is 32.6 Å². The van der Waals surface area contributed by atoms with E-state index >= 15 is 0 Å². The quantitative estimate of drug-likeness (QED) is 0.330. The van der Waals surface area contributed by atoms with Crippen LogP contribution in [0.25, 0.3) is 0 Å². The molecule has 1 heterocycles. The number of ketones is 1. The predicted molar refractivity (Wildman–Crippen MR) is 60.5 cm³/mol. The lowest BCUT2D eigenvalue weighted by molar-refractivity contribution is -0.109. The molecule has 1 saturated heterocycles. The molecule has 0 unspecified atom stereocenters. The van der Waals surface area contributed by atoms with Crippen molar-refractivity contribution in [2.24, 2.45) is 0 Å². The summed E-state index contributed by atoms with van der Waals surface area (Å²) >= 11 is 0. The van der Waals surface area contributed by atoms with Gasteiger partial charge in [0.1, 0.15) is 5.66 Å². The van der Waals surface area contributed by atoms with E-state index in [1.807, 2.05) is 11.9 Å². The maximum Gasteiger partial charge on any atom is 0.230 e. The smallest absolute Gasteiger partial charge is 0.230 e. The third kappa shape index (κ3) is 2.40. The molecule has 82 valence electrons. The summed E-state index contributed by atoms with van der Waals surface area (Å²) in [4.78, 5) is 11.3. The lowest BCUT2D eigenvalue weighted by Gasteiger charge is -2.10. The van der Waals surface area contributed by atoms with E-state index < -0.39 is 0 Å². The monoisotopic (exact) mass is 206 g/mol. The van der Waals surface area contributed by atoms with Crippen LogP contribution < -0.4 is 5.43 Å². The van der Waals surface area contributed by atoms with Gasteiger partial charge >= 0.3 is 0 Å². The molecule has 0 atom stereocenters. The second kappa shape index (κ2) is 4.50. The Balaban J connectivity index is 2.67. The molecular formula is C12H18N2O. The number of allylic oxidation sites excluding steroid dienone is 2. The van der Waals surface area contributed by atoms with Gasteiger partial charge in [0.15, 0.2) is 0 Å². The van der Waals surface area contributed by atoms with Crippen LogP contribution in [0.5, 0.6) is 0 Å². The molecule has 1 aliphatic rings. The van der Waals surface area contributed by atoms with Crippen molar-refractivity contribution in [1.82, 2.24) is 10.4 Å². The van der Waals surface area contributed by atoms with Crippen molar-refractivity contribution in [2.75, 3.05) is 0 Å². The van der Waals surface area contributed by atoms with Gasteiger partial charge in [-0.1, -0.05) is 19.8 Å². The molecule has 0 amide bonds. The molecule has 1 aliphatic heterocycles. The molecule has 3 nitrogen and oxygen atoms in total. The van der Waals surface area contributed by atoms with Crippen LogP contribution in [0.2, 0.25) is 0 Å². The molecule has 0 aromatic rings. The molecule has 3 heteroatoms. The molecule has 0 bridgehead atoms. The maximum atomic E-state index is 11.3. The zero-order valence-corrected chi connectivity index (χ0v) is 9.85. The Morgan fingerprint density at radius 3 is 2.47 bits per heavy atom. The summed E-state index contributed by atoms with van der Waals surface area (Å²) in [7, 11) is 0. The van der Waals surface area contributed by atoms with Crippen LogP contribution in [0, 0.1) is 11.8 Å². The molecule has 1 rings (SSSR count). The minimum atomic E-state index is -0.134. The van der Waals surface area contributed by atoms with Gasteiger partial charge in [0, 0.05) is 11.8 Å². The molecule has 15 heavy (non-hydrogen) atoms. The number of nitrogens with zero attached hydrogens (tertiary/aromatic N) is 1. The molecule has 0 spiro atoms.